The lowest BCUT2D eigenvalue weighted by molar-refractivity contribution is -0.126. The Balaban J connectivity index is 2.89. The van der Waals surface area contributed by atoms with Crippen LogP contribution in [-0.4, -0.2) is 24.4 Å². The second kappa shape index (κ2) is 5.57. The summed E-state index contributed by atoms with van der Waals surface area (Å²) in [4.78, 5) is 0. The Labute approximate surface area is 98.2 Å². The Hall–Kier alpha value is -1.28. The third kappa shape index (κ3) is 3.88. The van der Waals surface area contributed by atoms with Crippen molar-refractivity contribution in [1.29, 1.82) is 0 Å². The van der Waals surface area contributed by atoms with E-state index < -0.39 is 42.8 Å². The predicted octanol–water partition coefficient (Wildman–Crippen LogP) is 2.29. The van der Waals surface area contributed by atoms with Crippen molar-refractivity contribution in [3.8, 4) is 0 Å². The molecule has 0 radical (unpaired) electrons. The summed E-state index contributed by atoms with van der Waals surface area (Å²) in [5.74, 6) is -4.78. The summed E-state index contributed by atoms with van der Waals surface area (Å²) in [6.07, 6.45) is -4.54. The smallest absolute Gasteiger partial charge is 0.394 e. The Morgan fingerprint density at radius 2 is 1.61 bits per heavy atom. The zero-order chi connectivity index (χ0) is 13.9. The van der Waals surface area contributed by atoms with Crippen molar-refractivity contribution in [3.05, 3.63) is 35.1 Å². The zero-order valence-corrected chi connectivity index (χ0v) is 8.86. The highest BCUT2D eigenvalue weighted by molar-refractivity contribution is 5.22. The number of alkyl halides is 3. The first-order valence-electron chi connectivity index (χ1n) is 4.80. The number of aliphatic hydroxyl groups is 1. The van der Waals surface area contributed by atoms with E-state index in [4.69, 9.17) is 5.11 Å². The second-order valence-electron chi connectivity index (χ2n) is 3.53. The molecule has 1 rings (SSSR count). The maximum Gasteiger partial charge on any atom is 0.401 e. The van der Waals surface area contributed by atoms with Gasteiger partial charge in [0.2, 0.25) is 0 Å². The highest BCUT2D eigenvalue weighted by Crippen LogP contribution is 2.21. The fourth-order valence-electron chi connectivity index (χ4n) is 1.30. The Morgan fingerprint density at radius 1 is 1.11 bits per heavy atom. The van der Waals surface area contributed by atoms with E-state index in [2.05, 4.69) is 0 Å². The second-order valence-corrected chi connectivity index (χ2v) is 3.53. The molecule has 2 N–H and O–H groups in total. The van der Waals surface area contributed by atoms with Crippen LogP contribution < -0.4 is 5.32 Å². The summed E-state index contributed by atoms with van der Waals surface area (Å²) in [6, 6.07) is -0.276. The van der Waals surface area contributed by atoms with Gasteiger partial charge in [-0.3, -0.25) is 5.32 Å². The molecule has 102 valence electrons. The average molecular weight is 273 g/mol. The molecule has 0 aliphatic heterocycles. The summed E-state index contributed by atoms with van der Waals surface area (Å²) in [5.41, 5.74) is -0.307. The minimum absolute atomic E-state index is 0.307. The molecular weight excluding hydrogens is 264 g/mol. The van der Waals surface area contributed by atoms with Crippen LogP contribution in [0, 0.1) is 17.5 Å². The van der Waals surface area contributed by atoms with Crippen LogP contribution in [0.4, 0.5) is 26.3 Å². The van der Waals surface area contributed by atoms with Gasteiger partial charge in [0.15, 0.2) is 17.5 Å². The standard InChI is InChI=1S/C10H9F6NO/c11-6-1-5(2-7(12)9(6)13)8(3-18)17-4-10(14,15)16/h1-2,8,17-18H,3-4H2. The van der Waals surface area contributed by atoms with Crippen molar-refractivity contribution >= 4 is 0 Å². The number of rotatable bonds is 4. The summed E-state index contributed by atoms with van der Waals surface area (Å²) in [7, 11) is 0. The monoisotopic (exact) mass is 273 g/mol. The van der Waals surface area contributed by atoms with Crippen LogP contribution in [0.25, 0.3) is 0 Å². The van der Waals surface area contributed by atoms with Crippen molar-refractivity contribution in [3.63, 3.8) is 0 Å². The van der Waals surface area contributed by atoms with Crippen molar-refractivity contribution < 1.29 is 31.4 Å². The molecule has 1 atom stereocenters. The molecule has 0 heterocycles. The minimum atomic E-state index is -4.54. The number of aliphatic hydroxyl groups excluding tert-OH is 1. The summed E-state index contributed by atoms with van der Waals surface area (Å²) >= 11 is 0. The van der Waals surface area contributed by atoms with Gasteiger partial charge < -0.3 is 5.11 Å². The Bertz CT molecular complexity index is 396. The molecule has 0 aromatic heterocycles. The molecule has 0 saturated heterocycles. The van der Waals surface area contributed by atoms with E-state index in [1.165, 1.54) is 0 Å². The van der Waals surface area contributed by atoms with Gasteiger partial charge in [0, 0.05) is 0 Å². The molecule has 0 bridgehead atoms. The third-order valence-corrected chi connectivity index (χ3v) is 2.14. The van der Waals surface area contributed by atoms with Crippen LogP contribution in [-0.2, 0) is 0 Å². The highest BCUT2D eigenvalue weighted by atomic mass is 19.4. The zero-order valence-electron chi connectivity index (χ0n) is 8.86. The molecule has 0 saturated carbocycles. The fraction of sp³-hybridized carbons (Fsp3) is 0.400. The summed E-state index contributed by atoms with van der Waals surface area (Å²) < 4.78 is 74.2. The molecule has 0 aliphatic carbocycles. The van der Waals surface area contributed by atoms with Gasteiger partial charge in [0.05, 0.1) is 19.2 Å². The quantitative estimate of drug-likeness (QED) is 0.651. The van der Waals surface area contributed by atoms with Crippen LogP contribution in [0.5, 0.6) is 0 Å². The Morgan fingerprint density at radius 3 is 2.00 bits per heavy atom. The third-order valence-electron chi connectivity index (χ3n) is 2.14. The van der Waals surface area contributed by atoms with Gasteiger partial charge in [0.25, 0.3) is 0 Å². The molecule has 18 heavy (non-hydrogen) atoms. The van der Waals surface area contributed by atoms with Gasteiger partial charge in [-0.2, -0.15) is 13.2 Å². The normalized spacial score (nSPS) is 13.7. The number of nitrogens with one attached hydrogen (secondary N) is 1. The van der Waals surface area contributed by atoms with Gasteiger partial charge in [-0.15, -0.1) is 0 Å². The SMILES string of the molecule is OCC(NCC(F)(F)F)c1cc(F)c(F)c(F)c1. The van der Waals surface area contributed by atoms with E-state index in [9.17, 15) is 26.3 Å². The van der Waals surface area contributed by atoms with E-state index >= 15 is 0 Å². The molecule has 0 fully saturated rings. The van der Waals surface area contributed by atoms with Crippen LogP contribution in [0.3, 0.4) is 0 Å². The number of halogens is 6. The average Bonchev–Trinajstić information content (AvgIpc) is 2.25. The first-order chi connectivity index (χ1) is 8.24. The molecule has 0 aliphatic rings. The highest BCUT2D eigenvalue weighted by Gasteiger charge is 2.28. The Kier molecular flexibility index (Phi) is 4.58. The fourth-order valence-corrected chi connectivity index (χ4v) is 1.30. The van der Waals surface area contributed by atoms with Gasteiger partial charge in [-0.1, -0.05) is 0 Å². The lowest BCUT2D eigenvalue weighted by Gasteiger charge is -2.18. The maximum absolute atomic E-state index is 12.9. The van der Waals surface area contributed by atoms with Gasteiger partial charge in [0.1, 0.15) is 0 Å². The molecule has 2 nitrogen and oxygen atoms in total. The van der Waals surface area contributed by atoms with Gasteiger partial charge in [-0.05, 0) is 17.7 Å². The van der Waals surface area contributed by atoms with E-state index in [0.717, 1.165) is 0 Å². The molecular formula is C10H9F6NO. The van der Waals surface area contributed by atoms with Crippen molar-refractivity contribution in [2.45, 2.75) is 12.2 Å². The van der Waals surface area contributed by atoms with Crippen molar-refractivity contribution in [2.75, 3.05) is 13.2 Å². The summed E-state index contributed by atoms with van der Waals surface area (Å²) in [6.45, 7) is -2.26. The number of hydrogen-bond acceptors (Lipinski definition) is 2. The molecule has 1 aromatic carbocycles. The van der Waals surface area contributed by atoms with Crippen LogP contribution in [0.1, 0.15) is 11.6 Å². The maximum atomic E-state index is 12.9. The lowest BCUT2D eigenvalue weighted by Crippen LogP contribution is -2.33. The van der Waals surface area contributed by atoms with Gasteiger partial charge in [-0.25, -0.2) is 13.2 Å². The topological polar surface area (TPSA) is 32.3 Å². The predicted molar refractivity (Wildman–Crippen MR) is 50.2 cm³/mol. The van der Waals surface area contributed by atoms with E-state index in [1.807, 2.05) is 5.32 Å². The molecule has 1 aromatic rings. The van der Waals surface area contributed by atoms with Crippen LogP contribution in [0.15, 0.2) is 12.1 Å². The van der Waals surface area contributed by atoms with Gasteiger partial charge >= 0.3 is 6.18 Å². The van der Waals surface area contributed by atoms with E-state index in [-0.39, 0.29) is 5.56 Å². The van der Waals surface area contributed by atoms with E-state index in [1.54, 1.807) is 0 Å². The largest absolute Gasteiger partial charge is 0.401 e. The van der Waals surface area contributed by atoms with E-state index in [0.29, 0.717) is 12.1 Å². The molecule has 0 amide bonds. The van der Waals surface area contributed by atoms with Crippen molar-refractivity contribution in [2.24, 2.45) is 0 Å². The molecule has 1 unspecified atom stereocenters. The lowest BCUT2D eigenvalue weighted by atomic mass is 10.1. The first kappa shape index (κ1) is 14.8. The number of benzene rings is 1. The molecule has 8 heteroatoms. The first-order valence-corrected chi connectivity index (χ1v) is 4.80. The van der Waals surface area contributed by atoms with Crippen molar-refractivity contribution in [1.82, 2.24) is 5.32 Å². The minimum Gasteiger partial charge on any atom is -0.394 e. The summed E-state index contributed by atoms with van der Waals surface area (Å²) in [5, 5.41) is 10.7. The molecule has 0 spiro atoms. The van der Waals surface area contributed by atoms with Crippen LogP contribution >= 0.6 is 0 Å². The van der Waals surface area contributed by atoms with Crippen LogP contribution in [0.2, 0.25) is 0 Å². The number of hydrogen-bond donors (Lipinski definition) is 2.